The molecule has 4 aliphatic heterocycles. The van der Waals surface area contributed by atoms with Gasteiger partial charge in [-0.2, -0.15) is 9.97 Å². The van der Waals surface area contributed by atoms with E-state index in [4.69, 9.17) is 29.2 Å². The Bertz CT molecular complexity index is 1280. The van der Waals surface area contributed by atoms with Crippen molar-refractivity contribution in [3.8, 4) is 17.0 Å². The number of rotatable bonds is 5. The molecule has 1 aromatic carbocycles. The zero-order valence-corrected chi connectivity index (χ0v) is 19.8. The summed E-state index contributed by atoms with van der Waals surface area (Å²) >= 11 is 0. The molecule has 2 unspecified atom stereocenters. The van der Waals surface area contributed by atoms with Gasteiger partial charge in [-0.25, -0.2) is 4.98 Å². The summed E-state index contributed by atoms with van der Waals surface area (Å²) in [5.74, 6) is 2.35. The predicted molar refractivity (Wildman–Crippen MR) is 131 cm³/mol. The van der Waals surface area contributed by atoms with Crippen LogP contribution in [0.1, 0.15) is 18.4 Å². The lowest BCUT2D eigenvalue weighted by Gasteiger charge is -2.54. The maximum Gasteiger partial charge on any atom is 0.229 e. The molecular formula is C26H29N5O4. The number of hydrogen-bond donors (Lipinski definition) is 1. The van der Waals surface area contributed by atoms with Crippen LogP contribution < -0.4 is 14.5 Å². The Labute approximate surface area is 203 Å². The Morgan fingerprint density at radius 2 is 1.83 bits per heavy atom. The number of fused-ring (bicyclic) bond motifs is 3. The highest BCUT2D eigenvalue weighted by Gasteiger charge is 2.50. The number of aliphatic hydroxyl groups is 1. The van der Waals surface area contributed by atoms with E-state index in [0.29, 0.717) is 11.4 Å². The molecule has 4 fully saturated rings. The quantitative estimate of drug-likeness (QED) is 0.597. The molecule has 2 aromatic heterocycles. The summed E-state index contributed by atoms with van der Waals surface area (Å²) in [5, 5.41) is 10.7. The van der Waals surface area contributed by atoms with Crippen molar-refractivity contribution in [2.45, 2.75) is 31.7 Å². The van der Waals surface area contributed by atoms with Gasteiger partial charge in [-0.1, -0.05) is 0 Å². The molecule has 0 aliphatic carbocycles. The number of aromatic nitrogens is 3. The molecule has 4 saturated heterocycles. The summed E-state index contributed by atoms with van der Waals surface area (Å²) in [6, 6.07) is 9.84. The fourth-order valence-corrected chi connectivity index (χ4v) is 5.85. The Balaban J connectivity index is 1.30. The molecule has 4 aliphatic rings. The van der Waals surface area contributed by atoms with E-state index in [1.807, 2.05) is 24.3 Å². The van der Waals surface area contributed by atoms with Crippen LogP contribution in [0.2, 0.25) is 0 Å². The second-order valence-corrected chi connectivity index (χ2v) is 10.3. The maximum atomic E-state index is 9.77. The first-order chi connectivity index (χ1) is 17.1. The van der Waals surface area contributed by atoms with Gasteiger partial charge in [-0.3, -0.25) is 0 Å². The van der Waals surface area contributed by atoms with Crippen LogP contribution in [0.15, 0.2) is 30.3 Å². The second kappa shape index (κ2) is 8.01. The Kier molecular flexibility index (Phi) is 4.87. The topological polar surface area (TPSA) is 93.1 Å². The van der Waals surface area contributed by atoms with Gasteiger partial charge in [0.2, 0.25) is 5.95 Å². The van der Waals surface area contributed by atoms with E-state index in [-0.39, 0.29) is 24.2 Å². The molecule has 2 bridgehead atoms. The molecule has 2 atom stereocenters. The monoisotopic (exact) mass is 475 g/mol. The normalized spacial score (nSPS) is 24.5. The smallest absolute Gasteiger partial charge is 0.229 e. The maximum absolute atomic E-state index is 9.77. The average molecular weight is 476 g/mol. The Morgan fingerprint density at radius 3 is 2.51 bits per heavy atom. The van der Waals surface area contributed by atoms with Gasteiger partial charge in [-0.15, -0.1) is 0 Å². The van der Waals surface area contributed by atoms with Gasteiger partial charge >= 0.3 is 0 Å². The predicted octanol–water partition coefficient (Wildman–Crippen LogP) is 2.40. The molecule has 6 heterocycles. The first-order valence-electron chi connectivity index (χ1n) is 12.3. The third kappa shape index (κ3) is 3.52. The van der Waals surface area contributed by atoms with Crippen LogP contribution in [0.25, 0.3) is 22.3 Å². The van der Waals surface area contributed by atoms with Crippen molar-refractivity contribution in [3.05, 3.63) is 35.9 Å². The number of hydrogen-bond acceptors (Lipinski definition) is 9. The molecular weight excluding hydrogens is 446 g/mol. The van der Waals surface area contributed by atoms with E-state index >= 15 is 0 Å². The summed E-state index contributed by atoms with van der Waals surface area (Å²) in [6.07, 6.45) is 2.76. The van der Waals surface area contributed by atoms with E-state index in [9.17, 15) is 5.11 Å². The third-order valence-corrected chi connectivity index (χ3v) is 7.77. The largest absolute Gasteiger partial charge is 0.496 e. The molecule has 9 heteroatoms. The van der Waals surface area contributed by atoms with Gasteiger partial charge in [0.05, 0.1) is 55.6 Å². The van der Waals surface area contributed by atoms with Crippen LogP contribution >= 0.6 is 0 Å². The molecule has 9 nitrogen and oxygen atoms in total. The minimum absolute atomic E-state index is 0.0964. The fourth-order valence-electron chi connectivity index (χ4n) is 5.85. The van der Waals surface area contributed by atoms with Gasteiger partial charge < -0.3 is 29.1 Å². The van der Waals surface area contributed by atoms with Gasteiger partial charge in [-0.05, 0) is 43.2 Å². The number of methoxy groups -OCH3 is 1. The van der Waals surface area contributed by atoms with Crippen molar-refractivity contribution in [2.24, 2.45) is 5.41 Å². The first-order valence-corrected chi connectivity index (χ1v) is 12.3. The standard InChI is InChI=1S/C26H29N5O4/c1-33-22-7-2-16(8-17(22)11-32)21-6-5-20-23(27-21)28-25(31-12-26(13-31)14-34-15-26)29-24(20)30-9-18-3-4-19(10-30)35-18/h2,5-8,18-19,32H,3-4,9-15H2,1H3. The van der Waals surface area contributed by atoms with Crippen molar-refractivity contribution in [1.29, 1.82) is 0 Å². The van der Waals surface area contributed by atoms with Crippen molar-refractivity contribution in [2.75, 3.05) is 56.3 Å². The molecule has 0 saturated carbocycles. The SMILES string of the molecule is COc1ccc(-c2ccc3c(N4CC5CCC(C4)O5)nc(N4CC5(COC5)C4)nc3n2)cc1CO. The Morgan fingerprint density at radius 1 is 1.03 bits per heavy atom. The number of anilines is 2. The average Bonchev–Trinajstić information content (AvgIpc) is 3.18. The van der Waals surface area contributed by atoms with Gasteiger partial charge in [0, 0.05) is 37.3 Å². The zero-order chi connectivity index (χ0) is 23.6. The number of aliphatic hydroxyl groups excluding tert-OH is 1. The summed E-state index contributed by atoms with van der Waals surface area (Å²) in [5.41, 5.74) is 3.41. The van der Waals surface area contributed by atoms with Crippen LogP contribution in [0, 0.1) is 5.41 Å². The second-order valence-electron chi connectivity index (χ2n) is 10.3. The highest BCUT2D eigenvalue weighted by Crippen LogP contribution is 2.41. The van der Waals surface area contributed by atoms with E-state index in [1.54, 1.807) is 7.11 Å². The number of morpholine rings is 1. The zero-order valence-electron chi connectivity index (χ0n) is 19.8. The van der Waals surface area contributed by atoms with E-state index in [2.05, 4.69) is 15.9 Å². The third-order valence-electron chi connectivity index (χ3n) is 7.77. The highest BCUT2D eigenvalue weighted by molar-refractivity contribution is 5.90. The van der Waals surface area contributed by atoms with Gasteiger partial charge in [0.25, 0.3) is 0 Å². The summed E-state index contributed by atoms with van der Waals surface area (Å²) < 4.78 is 16.9. The lowest BCUT2D eigenvalue weighted by molar-refractivity contribution is -0.127. The van der Waals surface area contributed by atoms with E-state index in [1.165, 1.54) is 0 Å². The summed E-state index contributed by atoms with van der Waals surface area (Å²) in [4.78, 5) is 19.6. The van der Waals surface area contributed by atoms with Crippen LogP contribution in [-0.2, 0) is 16.1 Å². The van der Waals surface area contributed by atoms with Crippen molar-refractivity contribution < 1.29 is 19.3 Å². The van der Waals surface area contributed by atoms with Crippen molar-refractivity contribution >= 4 is 22.8 Å². The minimum atomic E-state index is -0.0964. The highest BCUT2D eigenvalue weighted by atomic mass is 16.5. The van der Waals surface area contributed by atoms with Crippen molar-refractivity contribution in [1.82, 2.24) is 15.0 Å². The minimum Gasteiger partial charge on any atom is -0.496 e. The lowest BCUT2D eigenvalue weighted by atomic mass is 9.78. The molecule has 1 N–H and O–H groups in total. The number of benzene rings is 1. The number of pyridine rings is 1. The fraction of sp³-hybridized carbons (Fsp3) is 0.500. The summed E-state index contributed by atoms with van der Waals surface area (Å²) in [6.45, 7) is 5.09. The van der Waals surface area contributed by atoms with Gasteiger partial charge in [0.1, 0.15) is 11.6 Å². The molecule has 182 valence electrons. The van der Waals surface area contributed by atoms with Crippen LogP contribution in [0.5, 0.6) is 5.75 Å². The van der Waals surface area contributed by atoms with Crippen LogP contribution in [0.3, 0.4) is 0 Å². The number of ether oxygens (including phenoxy) is 3. The van der Waals surface area contributed by atoms with Crippen molar-refractivity contribution in [3.63, 3.8) is 0 Å². The molecule has 7 rings (SSSR count). The van der Waals surface area contributed by atoms with Crippen LogP contribution in [-0.4, -0.2) is 78.8 Å². The Hall–Kier alpha value is -3.01. The van der Waals surface area contributed by atoms with Gasteiger partial charge in [0.15, 0.2) is 5.65 Å². The molecule has 3 aromatic rings. The molecule has 1 spiro atoms. The molecule has 0 radical (unpaired) electrons. The number of nitrogens with zero attached hydrogens (tertiary/aromatic N) is 5. The lowest BCUT2D eigenvalue weighted by Crippen LogP contribution is -2.66. The first kappa shape index (κ1) is 21.3. The van der Waals surface area contributed by atoms with E-state index in [0.717, 1.165) is 86.2 Å². The van der Waals surface area contributed by atoms with Crippen LogP contribution in [0.4, 0.5) is 11.8 Å². The molecule has 0 amide bonds. The summed E-state index contributed by atoms with van der Waals surface area (Å²) in [7, 11) is 1.61. The van der Waals surface area contributed by atoms with E-state index < -0.39 is 0 Å². The molecule has 35 heavy (non-hydrogen) atoms.